The lowest BCUT2D eigenvalue weighted by molar-refractivity contribution is 0.202. The van der Waals surface area contributed by atoms with Crippen LogP contribution >= 0.6 is 0 Å². The molecule has 2 aromatic rings. The lowest BCUT2D eigenvalue weighted by atomic mass is 10.1. The highest BCUT2D eigenvalue weighted by Crippen LogP contribution is 2.24. The van der Waals surface area contributed by atoms with Gasteiger partial charge in [0.05, 0.1) is 23.9 Å². The molecule has 0 aliphatic heterocycles. The number of para-hydroxylation sites is 1. The molecule has 2 aromatic carbocycles. The molecule has 4 heteroatoms. The molecule has 0 aliphatic rings. The van der Waals surface area contributed by atoms with Gasteiger partial charge in [0.1, 0.15) is 5.82 Å². The van der Waals surface area contributed by atoms with Gasteiger partial charge in [-0.25, -0.2) is 4.39 Å². The van der Waals surface area contributed by atoms with Crippen LogP contribution in [0.2, 0.25) is 0 Å². The van der Waals surface area contributed by atoms with E-state index in [2.05, 4.69) is 5.32 Å². The third kappa shape index (κ3) is 3.34. The van der Waals surface area contributed by atoms with Crippen LogP contribution in [-0.4, -0.2) is 13.7 Å². The molecule has 102 valence electrons. The van der Waals surface area contributed by atoms with Crippen molar-refractivity contribution in [1.29, 1.82) is 5.26 Å². The Morgan fingerprint density at radius 1 is 1.20 bits per heavy atom. The zero-order valence-corrected chi connectivity index (χ0v) is 11.2. The van der Waals surface area contributed by atoms with Gasteiger partial charge in [-0.3, -0.25) is 0 Å². The van der Waals surface area contributed by atoms with E-state index in [4.69, 9.17) is 10.00 Å². The first kappa shape index (κ1) is 14.0. The molecule has 20 heavy (non-hydrogen) atoms. The fraction of sp³-hybridized carbons (Fsp3) is 0.188. The Bertz CT molecular complexity index is 635. The molecule has 0 radical (unpaired) electrons. The zero-order valence-electron chi connectivity index (χ0n) is 11.2. The Morgan fingerprint density at radius 3 is 2.70 bits per heavy atom. The number of nitrogens with zero attached hydrogens (tertiary/aromatic N) is 1. The second kappa shape index (κ2) is 6.69. The SMILES string of the molecule is COCCc1ccccc1Nc1ccc(C#N)cc1F. The van der Waals surface area contributed by atoms with E-state index in [1.54, 1.807) is 19.2 Å². The summed E-state index contributed by atoms with van der Waals surface area (Å²) in [6.45, 7) is 0.606. The zero-order chi connectivity index (χ0) is 14.4. The van der Waals surface area contributed by atoms with E-state index >= 15 is 0 Å². The molecule has 0 heterocycles. The van der Waals surface area contributed by atoms with Gasteiger partial charge in [-0.1, -0.05) is 18.2 Å². The first-order valence-corrected chi connectivity index (χ1v) is 6.28. The van der Waals surface area contributed by atoms with Gasteiger partial charge in [0.15, 0.2) is 0 Å². The average Bonchev–Trinajstić information content (AvgIpc) is 2.48. The topological polar surface area (TPSA) is 45.0 Å². The minimum Gasteiger partial charge on any atom is -0.384 e. The third-order valence-electron chi connectivity index (χ3n) is 2.96. The van der Waals surface area contributed by atoms with Gasteiger partial charge >= 0.3 is 0 Å². The van der Waals surface area contributed by atoms with E-state index < -0.39 is 5.82 Å². The monoisotopic (exact) mass is 270 g/mol. The number of nitriles is 1. The van der Waals surface area contributed by atoms with Crippen LogP contribution in [-0.2, 0) is 11.2 Å². The largest absolute Gasteiger partial charge is 0.384 e. The van der Waals surface area contributed by atoms with Crippen LogP contribution < -0.4 is 5.32 Å². The van der Waals surface area contributed by atoms with E-state index in [-0.39, 0.29) is 0 Å². The van der Waals surface area contributed by atoms with Crippen LogP contribution in [0.3, 0.4) is 0 Å². The standard InChI is InChI=1S/C16H15FN2O/c1-20-9-8-13-4-2-3-5-15(13)19-16-7-6-12(11-18)10-14(16)17/h2-7,10,19H,8-9H2,1H3. The summed E-state index contributed by atoms with van der Waals surface area (Å²) in [5.74, 6) is -0.439. The predicted molar refractivity (Wildman–Crippen MR) is 76.4 cm³/mol. The maximum Gasteiger partial charge on any atom is 0.147 e. The summed E-state index contributed by atoms with van der Waals surface area (Å²) < 4.78 is 18.9. The van der Waals surface area contributed by atoms with E-state index in [0.717, 1.165) is 17.7 Å². The van der Waals surface area contributed by atoms with E-state index in [1.807, 2.05) is 30.3 Å². The fourth-order valence-corrected chi connectivity index (χ4v) is 1.90. The van der Waals surface area contributed by atoms with Gasteiger partial charge in [0.2, 0.25) is 0 Å². The lowest BCUT2D eigenvalue weighted by Gasteiger charge is -2.12. The van der Waals surface area contributed by atoms with Gasteiger partial charge in [-0.05, 0) is 36.2 Å². The van der Waals surface area contributed by atoms with E-state index in [1.165, 1.54) is 6.07 Å². The molecule has 0 atom stereocenters. The van der Waals surface area contributed by atoms with Crippen LogP contribution in [0, 0.1) is 17.1 Å². The van der Waals surface area contributed by atoms with Crippen LogP contribution in [0.5, 0.6) is 0 Å². The molecular formula is C16H15FN2O. The van der Waals surface area contributed by atoms with Crippen molar-refractivity contribution in [2.75, 3.05) is 19.0 Å². The van der Waals surface area contributed by atoms with Gasteiger partial charge in [0, 0.05) is 12.8 Å². The Kier molecular flexibility index (Phi) is 4.70. The van der Waals surface area contributed by atoms with Crippen LogP contribution in [0.4, 0.5) is 15.8 Å². The number of nitrogens with one attached hydrogen (secondary N) is 1. The Morgan fingerprint density at radius 2 is 2.00 bits per heavy atom. The highest BCUT2D eigenvalue weighted by atomic mass is 19.1. The highest BCUT2D eigenvalue weighted by molar-refractivity contribution is 5.64. The summed E-state index contributed by atoms with van der Waals surface area (Å²) in [4.78, 5) is 0. The summed E-state index contributed by atoms with van der Waals surface area (Å²) in [5, 5.41) is 11.8. The highest BCUT2D eigenvalue weighted by Gasteiger charge is 2.06. The lowest BCUT2D eigenvalue weighted by Crippen LogP contribution is -2.01. The number of methoxy groups -OCH3 is 1. The van der Waals surface area contributed by atoms with Crippen molar-refractivity contribution in [1.82, 2.24) is 0 Å². The van der Waals surface area contributed by atoms with Crippen molar-refractivity contribution in [3.63, 3.8) is 0 Å². The number of halogens is 1. The van der Waals surface area contributed by atoms with Gasteiger partial charge in [-0.2, -0.15) is 5.26 Å². The second-order valence-electron chi connectivity index (χ2n) is 4.33. The quantitative estimate of drug-likeness (QED) is 0.902. The molecule has 1 N–H and O–H groups in total. The van der Waals surface area contributed by atoms with Crippen molar-refractivity contribution in [2.24, 2.45) is 0 Å². The average molecular weight is 270 g/mol. The molecule has 0 aromatic heterocycles. The molecule has 0 saturated heterocycles. The third-order valence-corrected chi connectivity index (χ3v) is 2.96. The fourth-order valence-electron chi connectivity index (χ4n) is 1.90. The number of rotatable bonds is 5. The van der Waals surface area contributed by atoms with Crippen molar-refractivity contribution in [2.45, 2.75) is 6.42 Å². The number of hydrogen-bond donors (Lipinski definition) is 1. The Hall–Kier alpha value is -2.38. The molecule has 0 unspecified atom stereocenters. The first-order chi connectivity index (χ1) is 9.74. The minimum absolute atomic E-state index is 0.306. The Balaban J connectivity index is 2.24. The van der Waals surface area contributed by atoms with Crippen LogP contribution in [0.25, 0.3) is 0 Å². The van der Waals surface area contributed by atoms with Crippen molar-refractivity contribution in [3.8, 4) is 6.07 Å². The van der Waals surface area contributed by atoms with Crippen molar-refractivity contribution < 1.29 is 9.13 Å². The normalized spacial score (nSPS) is 10.1. The molecule has 3 nitrogen and oxygen atoms in total. The molecule has 0 bridgehead atoms. The number of benzene rings is 2. The van der Waals surface area contributed by atoms with E-state index in [9.17, 15) is 4.39 Å². The molecule has 0 aliphatic carbocycles. The molecule has 2 rings (SSSR count). The smallest absolute Gasteiger partial charge is 0.147 e. The first-order valence-electron chi connectivity index (χ1n) is 6.28. The summed E-state index contributed by atoms with van der Waals surface area (Å²) in [5.41, 5.74) is 2.56. The number of anilines is 2. The predicted octanol–water partition coefficient (Wildman–Crippen LogP) is 3.63. The summed E-state index contributed by atoms with van der Waals surface area (Å²) in [7, 11) is 1.65. The number of ether oxygens (including phenoxy) is 1. The van der Waals surface area contributed by atoms with Gasteiger partial charge < -0.3 is 10.1 Å². The van der Waals surface area contributed by atoms with Gasteiger partial charge in [0.25, 0.3) is 0 Å². The maximum atomic E-state index is 13.9. The minimum atomic E-state index is -0.439. The van der Waals surface area contributed by atoms with Crippen molar-refractivity contribution in [3.05, 3.63) is 59.4 Å². The molecular weight excluding hydrogens is 255 g/mol. The summed E-state index contributed by atoms with van der Waals surface area (Å²) in [6, 6.07) is 14.0. The summed E-state index contributed by atoms with van der Waals surface area (Å²) >= 11 is 0. The van der Waals surface area contributed by atoms with Crippen LogP contribution in [0.1, 0.15) is 11.1 Å². The molecule has 0 fully saturated rings. The molecule has 0 amide bonds. The maximum absolute atomic E-state index is 13.9. The van der Waals surface area contributed by atoms with Crippen molar-refractivity contribution >= 4 is 11.4 Å². The molecule has 0 saturated carbocycles. The Labute approximate surface area is 117 Å². The second-order valence-corrected chi connectivity index (χ2v) is 4.33. The number of hydrogen-bond acceptors (Lipinski definition) is 3. The molecule has 0 spiro atoms. The van der Waals surface area contributed by atoms with Gasteiger partial charge in [-0.15, -0.1) is 0 Å². The summed E-state index contributed by atoms with van der Waals surface area (Å²) in [6.07, 6.45) is 0.748. The van der Waals surface area contributed by atoms with E-state index in [0.29, 0.717) is 17.9 Å². The van der Waals surface area contributed by atoms with Crippen LogP contribution in [0.15, 0.2) is 42.5 Å².